The first-order valence-corrected chi connectivity index (χ1v) is 33.6. The van der Waals surface area contributed by atoms with Crippen molar-refractivity contribution in [1.29, 1.82) is 0 Å². The molecule has 438 valence electrons. The smallest absolute Gasteiger partial charge is 0.305 e. The van der Waals surface area contributed by atoms with Crippen LogP contribution in [-0.2, 0) is 14.3 Å². The van der Waals surface area contributed by atoms with Crippen molar-refractivity contribution in [3.8, 4) is 0 Å². The van der Waals surface area contributed by atoms with Gasteiger partial charge in [0.1, 0.15) is 0 Å². The van der Waals surface area contributed by atoms with E-state index >= 15 is 0 Å². The van der Waals surface area contributed by atoms with E-state index in [1.807, 2.05) is 6.08 Å². The van der Waals surface area contributed by atoms with Crippen LogP contribution < -0.4 is 5.32 Å². The van der Waals surface area contributed by atoms with Gasteiger partial charge in [0, 0.05) is 12.8 Å². The summed E-state index contributed by atoms with van der Waals surface area (Å²) in [6.45, 7) is 4.92. The first-order valence-electron chi connectivity index (χ1n) is 33.6. The van der Waals surface area contributed by atoms with E-state index < -0.39 is 12.1 Å². The molecule has 0 spiro atoms. The van der Waals surface area contributed by atoms with E-state index in [2.05, 4.69) is 31.3 Å². The Hall–Kier alpha value is -1.66. The molecule has 6 nitrogen and oxygen atoms in total. The van der Waals surface area contributed by atoms with Crippen molar-refractivity contribution >= 4 is 11.9 Å². The molecule has 0 heterocycles. The monoisotopic (exact) mass is 1040 g/mol. The SMILES string of the molecule is CCCCCCCCCCCCCCCCCCCCCC/C=C/C(O)C(CO)NC(=O)CCCCCCCCC/C=C\CCCCCCCCOC(=O)CCCCCCCCCCCCCCCCCCCC. The first kappa shape index (κ1) is 72.3. The Morgan fingerprint density at radius 1 is 0.365 bits per heavy atom. The minimum atomic E-state index is -0.853. The van der Waals surface area contributed by atoms with Gasteiger partial charge in [0.15, 0.2) is 0 Å². The highest BCUT2D eigenvalue weighted by atomic mass is 16.5. The minimum absolute atomic E-state index is 0.00251. The lowest BCUT2D eigenvalue weighted by Gasteiger charge is -2.20. The molecular weight excluding hydrogens is 911 g/mol. The van der Waals surface area contributed by atoms with Gasteiger partial charge >= 0.3 is 5.97 Å². The number of nitrogens with one attached hydrogen (secondary N) is 1. The second-order valence-electron chi connectivity index (χ2n) is 23.2. The molecule has 0 aromatic carbocycles. The van der Waals surface area contributed by atoms with Crippen molar-refractivity contribution in [2.24, 2.45) is 0 Å². The number of ether oxygens (including phenoxy) is 1. The van der Waals surface area contributed by atoms with Gasteiger partial charge in [-0.2, -0.15) is 0 Å². The fourth-order valence-electron chi connectivity index (χ4n) is 10.6. The zero-order valence-corrected chi connectivity index (χ0v) is 50.1. The van der Waals surface area contributed by atoms with Crippen molar-refractivity contribution in [3.63, 3.8) is 0 Å². The van der Waals surface area contributed by atoms with E-state index in [0.717, 1.165) is 57.8 Å². The zero-order valence-electron chi connectivity index (χ0n) is 50.1. The predicted octanol–water partition coefficient (Wildman–Crippen LogP) is 21.4. The Bertz CT molecular complexity index is 1150. The standard InChI is InChI=1S/C68H131NO5/c1-3-5-7-9-11-13-15-17-19-21-23-24-25-26-28-32-36-40-44-48-52-56-60-66(71)65(64-70)69-67(72)61-57-53-49-45-41-37-33-29-27-31-35-39-43-47-51-55-59-63-74-68(73)62-58-54-50-46-42-38-34-30-22-20-18-16-14-12-10-8-6-4-2/h27,31,56,60,65-66,70-71H,3-26,28-30,32-55,57-59,61-64H2,1-2H3,(H,69,72)/b31-27-,60-56+. The van der Waals surface area contributed by atoms with Crippen molar-refractivity contribution in [1.82, 2.24) is 5.32 Å². The maximum atomic E-state index is 12.5. The highest BCUT2D eigenvalue weighted by molar-refractivity contribution is 5.76. The molecule has 0 aliphatic rings. The van der Waals surface area contributed by atoms with Crippen molar-refractivity contribution in [2.75, 3.05) is 13.2 Å². The van der Waals surface area contributed by atoms with Gasteiger partial charge in [0.2, 0.25) is 5.91 Å². The lowest BCUT2D eigenvalue weighted by atomic mass is 10.0. The van der Waals surface area contributed by atoms with Gasteiger partial charge in [0.05, 0.1) is 25.4 Å². The van der Waals surface area contributed by atoms with Crippen molar-refractivity contribution in [2.45, 2.75) is 386 Å². The van der Waals surface area contributed by atoms with Gasteiger partial charge in [0.25, 0.3) is 0 Å². The molecule has 0 rings (SSSR count). The van der Waals surface area contributed by atoms with Gasteiger partial charge in [-0.15, -0.1) is 0 Å². The van der Waals surface area contributed by atoms with Crippen molar-refractivity contribution in [3.05, 3.63) is 24.3 Å². The second kappa shape index (κ2) is 63.9. The van der Waals surface area contributed by atoms with E-state index in [9.17, 15) is 19.8 Å². The number of carbonyl (C=O) groups excluding carboxylic acids is 2. The average Bonchev–Trinajstić information content (AvgIpc) is 3.40. The minimum Gasteiger partial charge on any atom is -0.466 e. The molecule has 0 aromatic heterocycles. The van der Waals surface area contributed by atoms with E-state index in [4.69, 9.17) is 4.74 Å². The molecule has 1 amide bonds. The first-order chi connectivity index (χ1) is 36.5. The predicted molar refractivity (Wildman–Crippen MR) is 324 cm³/mol. The third-order valence-corrected chi connectivity index (χ3v) is 15.7. The molecule has 2 atom stereocenters. The van der Waals surface area contributed by atoms with Crippen LogP contribution in [0.25, 0.3) is 0 Å². The van der Waals surface area contributed by atoms with Crippen LogP contribution in [0.5, 0.6) is 0 Å². The van der Waals surface area contributed by atoms with Gasteiger partial charge in [-0.1, -0.05) is 327 Å². The van der Waals surface area contributed by atoms with Crippen LogP contribution in [-0.4, -0.2) is 47.4 Å². The fraction of sp³-hybridized carbons (Fsp3) is 0.912. The third-order valence-electron chi connectivity index (χ3n) is 15.7. The van der Waals surface area contributed by atoms with Gasteiger partial charge in [-0.25, -0.2) is 0 Å². The second-order valence-corrected chi connectivity index (χ2v) is 23.2. The molecule has 0 aliphatic carbocycles. The quantitative estimate of drug-likeness (QED) is 0.0320. The van der Waals surface area contributed by atoms with E-state index in [-0.39, 0.29) is 18.5 Å². The number of hydrogen-bond acceptors (Lipinski definition) is 5. The number of hydrogen-bond donors (Lipinski definition) is 3. The summed E-state index contributed by atoms with van der Waals surface area (Å²) >= 11 is 0. The lowest BCUT2D eigenvalue weighted by Crippen LogP contribution is -2.45. The van der Waals surface area contributed by atoms with E-state index in [1.54, 1.807) is 6.08 Å². The van der Waals surface area contributed by atoms with E-state index in [0.29, 0.717) is 19.4 Å². The van der Waals surface area contributed by atoms with E-state index in [1.165, 1.54) is 289 Å². The Balaban J connectivity index is 3.46. The summed E-state index contributed by atoms with van der Waals surface area (Å²) in [5, 5.41) is 23.2. The number of esters is 1. The van der Waals surface area contributed by atoms with Crippen LogP contribution in [0.2, 0.25) is 0 Å². The summed E-state index contributed by atoms with van der Waals surface area (Å²) < 4.78 is 5.49. The Kier molecular flexibility index (Phi) is 62.4. The van der Waals surface area contributed by atoms with Crippen LogP contribution in [0.1, 0.15) is 373 Å². The maximum absolute atomic E-state index is 12.5. The van der Waals surface area contributed by atoms with Gasteiger partial charge in [-0.3, -0.25) is 9.59 Å². The summed E-state index contributed by atoms with van der Waals surface area (Å²) in [4.78, 5) is 24.6. The summed E-state index contributed by atoms with van der Waals surface area (Å²) in [7, 11) is 0. The maximum Gasteiger partial charge on any atom is 0.305 e. The Morgan fingerprint density at radius 3 is 0.959 bits per heavy atom. The van der Waals surface area contributed by atoms with Crippen LogP contribution in [0.15, 0.2) is 24.3 Å². The highest BCUT2D eigenvalue weighted by Crippen LogP contribution is 2.18. The molecule has 0 aromatic rings. The molecule has 0 aliphatic heterocycles. The molecule has 0 saturated carbocycles. The van der Waals surface area contributed by atoms with Gasteiger partial charge in [-0.05, 0) is 57.8 Å². The Morgan fingerprint density at radius 2 is 0.635 bits per heavy atom. The number of amides is 1. The number of aliphatic hydroxyl groups is 2. The third kappa shape index (κ3) is 59.6. The molecule has 0 fully saturated rings. The van der Waals surface area contributed by atoms with Crippen LogP contribution in [0.4, 0.5) is 0 Å². The van der Waals surface area contributed by atoms with Crippen molar-refractivity contribution < 1.29 is 24.5 Å². The number of carbonyl (C=O) groups is 2. The summed E-state index contributed by atoms with van der Waals surface area (Å²) in [5.41, 5.74) is 0. The molecule has 0 saturated heterocycles. The average molecular weight is 1040 g/mol. The van der Waals surface area contributed by atoms with Gasteiger partial charge < -0.3 is 20.3 Å². The summed E-state index contributed by atoms with van der Waals surface area (Å²) in [6, 6.07) is -0.638. The summed E-state index contributed by atoms with van der Waals surface area (Å²) in [5.74, 6) is -0.0736. The molecule has 74 heavy (non-hydrogen) atoms. The van der Waals surface area contributed by atoms with Crippen LogP contribution in [0.3, 0.4) is 0 Å². The molecule has 2 unspecified atom stereocenters. The largest absolute Gasteiger partial charge is 0.466 e. The molecule has 6 heteroatoms. The normalized spacial score (nSPS) is 12.6. The molecule has 0 bridgehead atoms. The molecule has 3 N–H and O–H groups in total. The number of rotatable bonds is 63. The Labute approximate surface area is 462 Å². The highest BCUT2D eigenvalue weighted by Gasteiger charge is 2.18. The van der Waals surface area contributed by atoms with Crippen LogP contribution in [0, 0.1) is 0 Å². The molecular formula is C68H131NO5. The number of allylic oxidation sites excluding steroid dienone is 3. The number of unbranched alkanes of at least 4 members (excludes halogenated alkanes) is 50. The molecule has 0 radical (unpaired) electrons. The summed E-state index contributed by atoms with van der Waals surface area (Å²) in [6.07, 6.45) is 79.5. The van der Waals surface area contributed by atoms with Crippen LogP contribution >= 0.6 is 0 Å². The zero-order chi connectivity index (χ0) is 53.6. The topological polar surface area (TPSA) is 95.9 Å². The fourth-order valence-corrected chi connectivity index (χ4v) is 10.6. The number of aliphatic hydroxyl groups excluding tert-OH is 2. The lowest BCUT2D eigenvalue weighted by molar-refractivity contribution is -0.143.